The molecule has 0 N–H and O–H groups in total. The second-order valence-corrected chi connectivity index (χ2v) is 2.42. The molecule has 4 nitrogen and oxygen atoms in total. The largest absolute Gasteiger partial charge is 0.296 e. The number of benzene rings is 1. The first-order valence-corrected chi connectivity index (χ1v) is 3.44. The molecule has 0 saturated carbocycles. The summed E-state index contributed by atoms with van der Waals surface area (Å²) in [6, 6.07) is 7.01. The summed E-state index contributed by atoms with van der Waals surface area (Å²) in [4.78, 5) is 10.0. The maximum absolute atomic E-state index is 10.4. The SMILES string of the molecule is O=[N+]([O-])C1=C[N]c2ccccc21. The topological polar surface area (TPSA) is 57.2 Å². The van der Waals surface area contributed by atoms with Crippen LogP contribution in [0.1, 0.15) is 5.56 Å². The lowest BCUT2D eigenvalue weighted by molar-refractivity contribution is -0.375. The summed E-state index contributed by atoms with van der Waals surface area (Å²) in [7, 11) is 0. The van der Waals surface area contributed by atoms with Crippen molar-refractivity contribution in [3.8, 4) is 0 Å². The molecule has 12 heavy (non-hydrogen) atoms. The average Bonchev–Trinajstić information content (AvgIpc) is 2.47. The molecule has 2 rings (SSSR count). The summed E-state index contributed by atoms with van der Waals surface area (Å²) in [5, 5.41) is 14.3. The lowest BCUT2D eigenvalue weighted by Gasteiger charge is -1.94. The van der Waals surface area contributed by atoms with Crippen LogP contribution in [0.5, 0.6) is 0 Å². The highest BCUT2D eigenvalue weighted by Gasteiger charge is 2.23. The van der Waals surface area contributed by atoms with E-state index in [0.29, 0.717) is 11.3 Å². The van der Waals surface area contributed by atoms with E-state index < -0.39 is 4.92 Å². The normalized spacial score (nSPS) is 13.2. The van der Waals surface area contributed by atoms with Crippen molar-refractivity contribution in [2.75, 3.05) is 0 Å². The molecule has 0 atom stereocenters. The Morgan fingerprint density at radius 1 is 1.33 bits per heavy atom. The predicted octanol–water partition coefficient (Wildman–Crippen LogP) is 1.51. The molecule has 0 bridgehead atoms. The van der Waals surface area contributed by atoms with Crippen molar-refractivity contribution in [1.82, 2.24) is 5.32 Å². The Bertz CT molecular complexity index is 371. The number of hydrogen-bond acceptors (Lipinski definition) is 2. The van der Waals surface area contributed by atoms with E-state index in [1.165, 1.54) is 6.20 Å². The monoisotopic (exact) mass is 161 g/mol. The number of rotatable bonds is 1. The van der Waals surface area contributed by atoms with Crippen LogP contribution in [0.4, 0.5) is 5.69 Å². The number of fused-ring (bicyclic) bond motifs is 1. The molecule has 0 spiro atoms. The number of nitro groups is 1. The summed E-state index contributed by atoms with van der Waals surface area (Å²) >= 11 is 0. The molecule has 0 unspecified atom stereocenters. The Labute approximate surface area is 68.7 Å². The zero-order valence-corrected chi connectivity index (χ0v) is 6.10. The number of nitrogens with zero attached hydrogens (tertiary/aromatic N) is 2. The van der Waals surface area contributed by atoms with Gasteiger partial charge in [-0.05, 0) is 12.1 Å². The Morgan fingerprint density at radius 3 is 2.83 bits per heavy atom. The highest BCUT2D eigenvalue weighted by atomic mass is 16.6. The van der Waals surface area contributed by atoms with E-state index in [1.54, 1.807) is 24.3 Å². The quantitative estimate of drug-likeness (QED) is 0.463. The minimum Gasteiger partial charge on any atom is -0.258 e. The minimum atomic E-state index is -0.421. The van der Waals surface area contributed by atoms with Crippen LogP contribution >= 0.6 is 0 Å². The molecular weight excluding hydrogens is 156 g/mol. The maximum atomic E-state index is 10.4. The van der Waals surface area contributed by atoms with E-state index in [9.17, 15) is 10.1 Å². The standard InChI is InChI=1S/C8H5N2O2/c11-10(12)8-5-9-7-4-2-1-3-6(7)8/h1-5H. The molecule has 0 saturated heterocycles. The van der Waals surface area contributed by atoms with Crippen molar-refractivity contribution in [2.24, 2.45) is 0 Å². The van der Waals surface area contributed by atoms with E-state index >= 15 is 0 Å². The van der Waals surface area contributed by atoms with Gasteiger partial charge in [-0.15, -0.1) is 0 Å². The third kappa shape index (κ3) is 0.852. The molecule has 0 fully saturated rings. The van der Waals surface area contributed by atoms with Crippen LogP contribution in [-0.2, 0) is 0 Å². The second kappa shape index (κ2) is 2.34. The van der Waals surface area contributed by atoms with E-state index in [1.807, 2.05) is 0 Å². The summed E-state index contributed by atoms with van der Waals surface area (Å²) in [6.07, 6.45) is 1.28. The maximum Gasteiger partial charge on any atom is 0.296 e. The van der Waals surface area contributed by atoms with Gasteiger partial charge in [0.05, 0.1) is 16.2 Å². The zero-order chi connectivity index (χ0) is 8.55. The first-order chi connectivity index (χ1) is 5.79. The Morgan fingerprint density at radius 2 is 2.08 bits per heavy atom. The van der Waals surface area contributed by atoms with Gasteiger partial charge in [0.25, 0.3) is 5.70 Å². The smallest absolute Gasteiger partial charge is 0.258 e. The third-order valence-corrected chi connectivity index (χ3v) is 1.70. The molecule has 1 aromatic carbocycles. The molecule has 1 aliphatic rings. The van der Waals surface area contributed by atoms with Crippen molar-refractivity contribution in [3.63, 3.8) is 0 Å². The van der Waals surface area contributed by atoms with Crippen LogP contribution in [0.15, 0.2) is 30.5 Å². The van der Waals surface area contributed by atoms with Gasteiger partial charge in [0, 0.05) is 0 Å². The molecule has 0 aliphatic carbocycles. The first kappa shape index (κ1) is 6.84. The van der Waals surface area contributed by atoms with Gasteiger partial charge in [0.1, 0.15) is 6.20 Å². The average molecular weight is 161 g/mol. The fourth-order valence-corrected chi connectivity index (χ4v) is 1.15. The van der Waals surface area contributed by atoms with E-state index in [4.69, 9.17) is 0 Å². The van der Waals surface area contributed by atoms with Gasteiger partial charge < -0.3 is 0 Å². The van der Waals surface area contributed by atoms with Crippen molar-refractivity contribution < 1.29 is 4.92 Å². The Hall–Kier alpha value is -1.84. The molecule has 59 valence electrons. The predicted molar refractivity (Wildman–Crippen MR) is 43.2 cm³/mol. The fraction of sp³-hybridized carbons (Fsp3) is 0. The summed E-state index contributed by atoms with van der Waals surface area (Å²) in [6.45, 7) is 0. The molecule has 1 aromatic rings. The van der Waals surface area contributed by atoms with E-state index in [0.717, 1.165) is 0 Å². The van der Waals surface area contributed by atoms with Crippen LogP contribution < -0.4 is 5.32 Å². The highest BCUT2D eigenvalue weighted by molar-refractivity contribution is 5.74. The second-order valence-electron chi connectivity index (χ2n) is 2.42. The van der Waals surface area contributed by atoms with E-state index in [-0.39, 0.29) is 5.70 Å². The Balaban J connectivity index is 2.52. The van der Waals surface area contributed by atoms with Gasteiger partial charge in [-0.25, -0.2) is 5.32 Å². The van der Waals surface area contributed by atoms with Gasteiger partial charge >= 0.3 is 0 Å². The van der Waals surface area contributed by atoms with Crippen molar-refractivity contribution in [3.05, 3.63) is 46.1 Å². The third-order valence-electron chi connectivity index (χ3n) is 1.70. The molecular formula is C8H5N2O2. The van der Waals surface area contributed by atoms with Crippen molar-refractivity contribution in [1.29, 1.82) is 0 Å². The molecule has 1 aliphatic heterocycles. The van der Waals surface area contributed by atoms with Gasteiger partial charge in [0.2, 0.25) is 0 Å². The van der Waals surface area contributed by atoms with Crippen LogP contribution in [0.3, 0.4) is 0 Å². The molecule has 1 heterocycles. The molecule has 1 radical (unpaired) electrons. The molecule has 0 aromatic heterocycles. The van der Waals surface area contributed by atoms with Crippen LogP contribution in [0.25, 0.3) is 5.70 Å². The van der Waals surface area contributed by atoms with Gasteiger partial charge in [0.15, 0.2) is 0 Å². The summed E-state index contributed by atoms with van der Waals surface area (Å²) in [5.41, 5.74) is 1.34. The summed E-state index contributed by atoms with van der Waals surface area (Å²) in [5.74, 6) is 0. The molecule has 0 amide bonds. The minimum absolute atomic E-state index is 0.0746. The van der Waals surface area contributed by atoms with Crippen molar-refractivity contribution >= 4 is 11.4 Å². The van der Waals surface area contributed by atoms with Crippen LogP contribution in [0, 0.1) is 10.1 Å². The van der Waals surface area contributed by atoms with Crippen LogP contribution in [-0.4, -0.2) is 4.92 Å². The van der Waals surface area contributed by atoms with Crippen LogP contribution in [0.2, 0.25) is 0 Å². The zero-order valence-electron chi connectivity index (χ0n) is 6.10. The lowest BCUT2D eigenvalue weighted by Crippen LogP contribution is -1.93. The summed E-state index contributed by atoms with van der Waals surface area (Å²) < 4.78 is 0. The fourth-order valence-electron chi connectivity index (χ4n) is 1.15. The lowest BCUT2D eigenvalue weighted by atomic mass is 10.2. The first-order valence-electron chi connectivity index (χ1n) is 3.44. The van der Waals surface area contributed by atoms with Crippen molar-refractivity contribution in [2.45, 2.75) is 0 Å². The molecule has 4 heteroatoms. The highest BCUT2D eigenvalue weighted by Crippen LogP contribution is 2.29. The van der Waals surface area contributed by atoms with Gasteiger partial charge in [-0.2, -0.15) is 0 Å². The Kier molecular flexibility index (Phi) is 1.33. The number of para-hydroxylation sites is 1. The number of hydrogen-bond donors (Lipinski definition) is 0. The van der Waals surface area contributed by atoms with Gasteiger partial charge in [-0.1, -0.05) is 12.1 Å². The van der Waals surface area contributed by atoms with E-state index in [2.05, 4.69) is 5.32 Å². The van der Waals surface area contributed by atoms with Gasteiger partial charge in [-0.3, -0.25) is 10.1 Å².